The number of primary amides is 1. The molecule has 0 saturated carbocycles. The zero-order chi connectivity index (χ0) is 18.4. The number of benzene rings is 1. The molecule has 2 aliphatic rings. The Morgan fingerprint density at radius 1 is 1.12 bits per heavy atom. The molecule has 1 aromatic carbocycles. The number of likely N-dealkylation sites (tertiary alicyclic amines) is 1. The molecule has 2 fully saturated rings. The van der Waals surface area contributed by atoms with Gasteiger partial charge in [0.2, 0.25) is 5.91 Å². The molecule has 1 amide bonds. The maximum Gasteiger partial charge on any atom is 0.234 e. The van der Waals surface area contributed by atoms with Gasteiger partial charge in [-0.1, -0.05) is 19.1 Å². The van der Waals surface area contributed by atoms with Crippen LogP contribution in [0, 0.1) is 0 Å². The lowest BCUT2D eigenvalue weighted by atomic mass is 10.1. The normalized spacial score (nSPS) is 22.6. The van der Waals surface area contributed by atoms with Crippen molar-refractivity contribution in [1.29, 1.82) is 0 Å². The van der Waals surface area contributed by atoms with Gasteiger partial charge < -0.3 is 15.4 Å². The highest BCUT2D eigenvalue weighted by Crippen LogP contribution is 2.21. The molecule has 2 saturated heterocycles. The SMILES string of the molecule is CCN1CCN(CCOc2ccc(CN3CCC[C@H]3C(N)=O)cc2)CC1. The molecule has 0 unspecified atom stereocenters. The summed E-state index contributed by atoms with van der Waals surface area (Å²) in [7, 11) is 0. The van der Waals surface area contributed by atoms with Crippen molar-refractivity contribution in [3.63, 3.8) is 0 Å². The predicted molar refractivity (Wildman–Crippen MR) is 103 cm³/mol. The van der Waals surface area contributed by atoms with Crippen LogP contribution in [-0.2, 0) is 11.3 Å². The van der Waals surface area contributed by atoms with E-state index in [-0.39, 0.29) is 11.9 Å². The fourth-order valence-electron chi connectivity index (χ4n) is 3.88. The second kappa shape index (κ2) is 9.35. The first-order chi connectivity index (χ1) is 12.7. The minimum absolute atomic E-state index is 0.112. The lowest BCUT2D eigenvalue weighted by molar-refractivity contribution is -0.122. The van der Waals surface area contributed by atoms with Crippen molar-refractivity contribution < 1.29 is 9.53 Å². The van der Waals surface area contributed by atoms with Crippen molar-refractivity contribution >= 4 is 5.91 Å². The van der Waals surface area contributed by atoms with Crippen LogP contribution < -0.4 is 10.5 Å². The van der Waals surface area contributed by atoms with Crippen LogP contribution >= 0.6 is 0 Å². The summed E-state index contributed by atoms with van der Waals surface area (Å²) in [4.78, 5) is 18.6. The molecule has 6 heteroatoms. The first-order valence-corrected chi connectivity index (χ1v) is 9.85. The highest BCUT2D eigenvalue weighted by atomic mass is 16.5. The number of hydrogen-bond donors (Lipinski definition) is 1. The van der Waals surface area contributed by atoms with Crippen LogP contribution in [-0.4, -0.2) is 79.1 Å². The van der Waals surface area contributed by atoms with E-state index in [9.17, 15) is 4.79 Å². The third kappa shape index (κ3) is 5.19. The van der Waals surface area contributed by atoms with Crippen LogP contribution in [0.5, 0.6) is 5.75 Å². The standard InChI is InChI=1S/C20H32N4O2/c1-2-22-10-12-23(13-11-22)14-15-26-18-7-5-17(6-8-18)16-24-9-3-4-19(24)20(21)25/h5-8,19H,2-4,9-16H2,1H3,(H2,21,25)/t19-/m0/s1. The molecular weight excluding hydrogens is 328 g/mol. The zero-order valence-electron chi connectivity index (χ0n) is 15.9. The number of rotatable bonds is 8. The number of ether oxygens (including phenoxy) is 1. The second-order valence-electron chi connectivity index (χ2n) is 7.30. The van der Waals surface area contributed by atoms with Crippen molar-refractivity contribution in [3.8, 4) is 5.75 Å². The van der Waals surface area contributed by atoms with Gasteiger partial charge in [-0.3, -0.25) is 14.6 Å². The summed E-state index contributed by atoms with van der Waals surface area (Å²) < 4.78 is 5.90. The predicted octanol–water partition coefficient (Wildman–Crippen LogP) is 1.15. The summed E-state index contributed by atoms with van der Waals surface area (Å²) in [6.45, 7) is 11.4. The molecule has 3 rings (SSSR count). The van der Waals surface area contributed by atoms with E-state index in [1.807, 2.05) is 12.1 Å². The summed E-state index contributed by atoms with van der Waals surface area (Å²) in [5.41, 5.74) is 6.69. The Balaban J connectivity index is 1.40. The molecule has 1 atom stereocenters. The van der Waals surface area contributed by atoms with Crippen LogP contribution in [0.4, 0.5) is 0 Å². The van der Waals surface area contributed by atoms with Gasteiger partial charge in [0.25, 0.3) is 0 Å². The number of likely N-dealkylation sites (N-methyl/N-ethyl adjacent to an activating group) is 1. The number of amides is 1. The van der Waals surface area contributed by atoms with Gasteiger partial charge in [-0.15, -0.1) is 0 Å². The number of nitrogens with two attached hydrogens (primary N) is 1. The number of carbonyl (C=O) groups is 1. The second-order valence-corrected chi connectivity index (χ2v) is 7.30. The van der Waals surface area contributed by atoms with Gasteiger partial charge in [-0.25, -0.2) is 0 Å². The van der Waals surface area contributed by atoms with Crippen LogP contribution in [0.2, 0.25) is 0 Å². The van der Waals surface area contributed by atoms with Gasteiger partial charge in [0.15, 0.2) is 0 Å². The summed E-state index contributed by atoms with van der Waals surface area (Å²) in [5.74, 6) is 0.705. The third-order valence-electron chi connectivity index (χ3n) is 5.59. The Kier molecular flexibility index (Phi) is 6.88. The topological polar surface area (TPSA) is 62.0 Å². The zero-order valence-corrected chi connectivity index (χ0v) is 15.9. The van der Waals surface area contributed by atoms with Crippen LogP contribution in [0.3, 0.4) is 0 Å². The Labute approximate surface area is 156 Å². The first-order valence-electron chi connectivity index (χ1n) is 9.85. The van der Waals surface area contributed by atoms with Crippen LogP contribution in [0.1, 0.15) is 25.3 Å². The Morgan fingerprint density at radius 3 is 2.46 bits per heavy atom. The molecule has 0 radical (unpaired) electrons. The van der Waals surface area contributed by atoms with E-state index in [0.29, 0.717) is 0 Å². The number of nitrogens with zero attached hydrogens (tertiary/aromatic N) is 3. The maximum absolute atomic E-state index is 11.5. The van der Waals surface area contributed by atoms with Crippen molar-refractivity contribution in [2.45, 2.75) is 32.4 Å². The Hall–Kier alpha value is -1.63. The fourth-order valence-corrected chi connectivity index (χ4v) is 3.88. The first kappa shape index (κ1) is 19.1. The summed E-state index contributed by atoms with van der Waals surface area (Å²) >= 11 is 0. The van der Waals surface area contributed by atoms with Crippen molar-refractivity contribution in [1.82, 2.24) is 14.7 Å². The number of carbonyl (C=O) groups excluding carboxylic acids is 1. The minimum atomic E-state index is -0.206. The molecule has 2 aliphatic heterocycles. The molecule has 6 nitrogen and oxygen atoms in total. The van der Waals surface area contributed by atoms with E-state index in [4.69, 9.17) is 10.5 Å². The Bertz CT molecular complexity index is 570. The molecule has 2 N–H and O–H groups in total. The summed E-state index contributed by atoms with van der Waals surface area (Å²) in [6, 6.07) is 8.12. The molecule has 2 heterocycles. The largest absolute Gasteiger partial charge is 0.492 e. The Morgan fingerprint density at radius 2 is 1.81 bits per heavy atom. The van der Waals surface area contributed by atoms with E-state index in [1.165, 1.54) is 5.56 Å². The van der Waals surface area contributed by atoms with E-state index in [0.717, 1.165) is 77.6 Å². The van der Waals surface area contributed by atoms with Crippen LogP contribution in [0.25, 0.3) is 0 Å². The average molecular weight is 361 g/mol. The molecule has 0 aromatic heterocycles. The van der Waals surface area contributed by atoms with Gasteiger partial charge in [-0.2, -0.15) is 0 Å². The molecule has 0 bridgehead atoms. The lowest BCUT2D eigenvalue weighted by Gasteiger charge is -2.33. The van der Waals surface area contributed by atoms with E-state index in [2.05, 4.69) is 33.8 Å². The van der Waals surface area contributed by atoms with Gasteiger partial charge in [0.05, 0.1) is 6.04 Å². The summed E-state index contributed by atoms with van der Waals surface area (Å²) in [6.07, 6.45) is 1.92. The van der Waals surface area contributed by atoms with Crippen LogP contribution in [0.15, 0.2) is 24.3 Å². The van der Waals surface area contributed by atoms with Crippen molar-refractivity contribution in [2.75, 3.05) is 52.4 Å². The van der Waals surface area contributed by atoms with E-state index in [1.54, 1.807) is 0 Å². The maximum atomic E-state index is 11.5. The fraction of sp³-hybridized carbons (Fsp3) is 0.650. The van der Waals surface area contributed by atoms with Gasteiger partial charge in [0.1, 0.15) is 12.4 Å². The molecule has 144 valence electrons. The van der Waals surface area contributed by atoms with Crippen molar-refractivity contribution in [3.05, 3.63) is 29.8 Å². The molecule has 26 heavy (non-hydrogen) atoms. The highest BCUT2D eigenvalue weighted by molar-refractivity contribution is 5.80. The lowest BCUT2D eigenvalue weighted by Crippen LogP contribution is -2.47. The molecule has 0 spiro atoms. The van der Waals surface area contributed by atoms with E-state index >= 15 is 0 Å². The smallest absolute Gasteiger partial charge is 0.234 e. The van der Waals surface area contributed by atoms with Gasteiger partial charge in [0, 0.05) is 39.3 Å². The molecule has 1 aromatic rings. The average Bonchev–Trinajstić information content (AvgIpc) is 3.12. The van der Waals surface area contributed by atoms with Gasteiger partial charge >= 0.3 is 0 Å². The molecule has 0 aliphatic carbocycles. The third-order valence-corrected chi connectivity index (χ3v) is 5.59. The number of hydrogen-bond acceptors (Lipinski definition) is 5. The summed E-state index contributed by atoms with van der Waals surface area (Å²) in [5, 5.41) is 0. The monoisotopic (exact) mass is 360 g/mol. The van der Waals surface area contributed by atoms with E-state index < -0.39 is 0 Å². The highest BCUT2D eigenvalue weighted by Gasteiger charge is 2.28. The van der Waals surface area contributed by atoms with Gasteiger partial charge in [-0.05, 0) is 43.6 Å². The van der Waals surface area contributed by atoms with Crippen molar-refractivity contribution in [2.24, 2.45) is 5.73 Å². The quantitative estimate of drug-likeness (QED) is 0.754. The number of piperazine rings is 1. The molecular formula is C20H32N4O2. The minimum Gasteiger partial charge on any atom is -0.492 e.